The maximum absolute atomic E-state index is 12.9. The SMILES string of the molecule is COc1ccc(CNC(=O)C2COCCN2c2ccnc(Cn3ccnc3)n2)cc1. The normalized spacial score (nSPS) is 16.3. The summed E-state index contributed by atoms with van der Waals surface area (Å²) in [5, 5.41) is 3.00. The maximum atomic E-state index is 12.9. The largest absolute Gasteiger partial charge is 0.497 e. The van der Waals surface area contributed by atoms with Crippen molar-refractivity contribution in [2.24, 2.45) is 0 Å². The van der Waals surface area contributed by atoms with Gasteiger partial charge < -0.3 is 24.3 Å². The Hall–Kier alpha value is -3.46. The van der Waals surface area contributed by atoms with Gasteiger partial charge in [-0.25, -0.2) is 15.0 Å². The number of hydrogen-bond acceptors (Lipinski definition) is 7. The van der Waals surface area contributed by atoms with E-state index in [0.717, 1.165) is 11.3 Å². The average molecular weight is 408 g/mol. The lowest BCUT2D eigenvalue weighted by molar-refractivity contribution is -0.124. The van der Waals surface area contributed by atoms with Crippen molar-refractivity contribution in [3.05, 3.63) is 66.6 Å². The van der Waals surface area contributed by atoms with E-state index in [0.29, 0.717) is 44.5 Å². The molecule has 0 bridgehead atoms. The fraction of sp³-hybridized carbons (Fsp3) is 0.333. The molecule has 30 heavy (non-hydrogen) atoms. The highest BCUT2D eigenvalue weighted by Crippen LogP contribution is 2.18. The first-order chi connectivity index (χ1) is 14.7. The summed E-state index contributed by atoms with van der Waals surface area (Å²) >= 11 is 0. The van der Waals surface area contributed by atoms with Gasteiger partial charge in [-0.1, -0.05) is 12.1 Å². The van der Waals surface area contributed by atoms with E-state index in [2.05, 4.69) is 20.3 Å². The van der Waals surface area contributed by atoms with Crippen molar-refractivity contribution < 1.29 is 14.3 Å². The van der Waals surface area contributed by atoms with Crippen LogP contribution in [0.1, 0.15) is 11.4 Å². The monoisotopic (exact) mass is 408 g/mol. The first-order valence-electron chi connectivity index (χ1n) is 9.75. The van der Waals surface area contributed by atoms with Crippen molar-refractivity contribution in [3.8, 4) is 5.75 Å². The third-order valence-corrected chi connectivity index (χ3v) is 4.93. The molecule has 1 N–H and O–H groups in total. The molecule has 0 saturated carbocycles. The van der Waals surface area contributed by atoms with Gasteiger partial charge in [-0.3, -0.25) is 4.79 Å². The van der Waals surface area contributed by atoms with Crippen LogP contribution in [0.25, 0.3) is 0 Å². The number of hydrogen-bond donors (Lipinski definition) is 1. The molecule has 0 radical (unpaired) electrons. The number of carbonyl (C=O) groups is 1. The molecule has 1 aliphatic rings. The molecule has 1 aliphatic heterocycles. The van der Waals surface area contributed by atoms with Crippen LogP contribution in [0, 0.1) is 0 Å². The van der Waals surface area contributed by atoms with E-state index >= 15 is 0 Å². The van der Waals surface area contributed by atoms with Crippen LogP contribution in [-0.4, -0.2) is 58.3 Å². The summed E-state index contributed by atoms with van der Waals surface area (Å²) in [5.41, 5.74) is 0.997. The number of morpholine rings is 1. The number of carbonyl (C=O) groups excluding carboxylic acids is 1. The Morgan fingerprint density at radius 1 is 1.27 bits per heavy atom. The number of rotatable bonds is 7. The van der Waals surface area contributed by atoms with E-state index in [4.69, 9.17) is 9.47 Å². The molecule has 9 heteroatoms. The Labute approximate surface area is 174 Å². The van der Waals surface area contributed by atoms with Crippen LogP contribution in [0.2, 0.25) is 0 Å². The number of nitrogens with zero attached hydrogens (tertiary/aromatic N) is 5. The fourth-order valence-corrected chi connectivity index (χ4v) is 3.31. The lowest BCUT2D eigenvalue weighted by Gasteiger charge is -2.35. The molecule has 4 rings (SSSR count). The summed E-state index contributed by atoms with van der Waals surface area (Å²) in [5.74, 6) is 2.06. The van der Waals surface area contributed by atoms with Gasteiger partial charge in [0.25, 0.3) is 0 Å². The Morgan fingerprint density at radius 3 is 2.90 bits per heavy atom. The standard InChI is InChI=1S/C21H24N6O3/c1-29-17-4-2-16(3-5-17)12-24-21(28)18-14-30-11-10-27(18)20-6-7-23-19(25-20)13-26-9-8-22-15-26/h2-9,15,18H,10-14H2,1H3,(H,24,28). The van der Waals surface area contributed by atoms with Crippen LogP contribution < -0.4 is 15.0 Å². The number of nitrogens with one attached hydrogen (secondary N) is 1. The minimum Gasteiger partial charge on any atom is -0.497 e. The van der Waals surface area contributed by atoms with Crippen LogP contribution in [0.4, 0.5) is 5.82 Å². The van der Waals surface area contributed by atoms with Crippen molar-refractivity contribution in [1.82, 2.24) is 24.8 Å². The minimum atomic E-state index is -0.451. The van der Waals surface area contributed by atoms with Gasteiger partial charge >= 0.3 is 0 Å². The maximum Gasteiger partial charge on any atom is 0.245 e. The number of anilines is 1. The minimum absolute atomic E-state index is 0.0970. The summed E-state index contributed by atoms with van der Waals surface area (Å²) in [6.45, 7) is 2.40. The average Bonchev–Trinajstić information content (AvgIpc) is 3.31. The molecule has 1 amide bonds. The van der Waals surface area contributed by atoms with Gasteiger partial charge in [0.2, 0.25) is 5.91 Å². The molecule has 2 aromatic heterocycles. The lowest BCUT2D eigenvalue weighted by Crippen LogP contribution is -2.54. The third-order valence-electron chi connectivity index (χ3n) is 4.93. The van der Waals surface area contributed by atoms with Crippen LogP contribution in [0.15, 0.2) is 55.2 Å². The first kappa shape index (κ1) is 19.8. The number of methoxy groups -OCH3 is 1. The smallest absolute Gasteiger partial charge is 0.245 e. The lowest BCUT2D eigenvalue weighted by atomic mass is 10.2. The van der Waals surface area contributed by atoms with Gasteiger partial charge in [-0.05, 0) is 23.8 Å². The van der Waals surface area contributed by atoms with Gasteiger partial charge in [0.05, 0.1) is 33.2 Å². The second-order valence-electron chi connectivity index (χ2n) is 6.92. The molecule has 1 unspecified atom stereocenters. The van der Waals surface area contributed by atoms with Crippen molar-refractivity contribution in [3.63, 3.8) is 0 Å². The molecule has 9 nitrogen and oxygen atoms in total. The van der Waals surface area contributed by atoms with Crippen LogP contribution >= 0.6 is 0 Å². The second-order valence-corrected chi connectivity index (χ2v) is 6.92. The molecule has 156 valence electrons. The van der Waals surface area contributed by atoms with Crippen LogP contribution in [0.5, 0.6) is 5.75 Å². The molecule has 1 saturated heterocycles. The zero-order chi connectivity index (χ0) is 20.8. The van der Waals surface area contributed by atoms with Crippen molar-refractivity contribution in [2.45, 2.75) is 19.1 Å². The predicted octanol–water partition coefficient (Wildman–Crippen LogP) is 1.25. The number of imidazole rings is 1. The van der Waals surface area contributed by atoms with Gasteiger partial charge in [-0.15, -0.1) is 0 Å². The molecular formula is C21H24N6O3. The predicted molar refractivity (Wildman–Crippen MR) is 110 cm³/mol. The fourth-order valence-electron chi connectivity index (χ4n) is 3.31. The second kappa shape index (κ2) is 9.36. The number of amides is 1. The highest BCUT2D eigenvalue weighted by molar-refractivity contribution is 5.85. The number of benzene rings is 1. The van der Waals surface area contributed by atoms with Crippen LogP contribution in [0.3, 0.4) is 0 Å². The zero-order valence-corrected chi connectivity index (χ0v) is 16.8. The Bertz CT molecular complexity index is 961. The Morgan fingerprint density at radius 2 is 2.13 bits per heavy atom. The molecular weight excluding hydrogens is 384 g/mol. The Kier molecular flexibility index (Phi) is 6.19. The molecule has 3 heterocycles. The molecule has 0 aliphatic carbocycles. The summed E-state index contributed by atoms with van der Waals surface area (Å²) < 4.78 is 12.6. The quantitative estimate of drug-likeness (QED) is 0.629. The van der Waals surface area contributed by atoms with E-state index in [1.165, 1.54) is 0 Å². The molecule has 0 spiro atoms. The van der Waals surface area contributed by atoms with Crippen molar-refractivity contribution in [2.75, 3.05) is 31.8 Å². The summed E-state index contributed by atoms with van der Waals surface area (Å²) in [7, 11) is 1.63. The Balaban J connectivity index is 1.43. The van der Waals surface area contributed by atoms with E-state index in [9.17, 15) is 4.79 Å². The van der Waals surface area contributed by atoms with Crippen molar-refractivity contribution >= 4 is 11.7 Å². The molecule has 1 aromatic carbocycles. The molecule has 1 atom stereocenters. The van der Waals surface area contributed by atoms with E-state index in [-0.39, 0.29) is 5.91 Å². The van der Waals surface area contributed by atoms with E-state index in [1.807, 2.05) is 46.0 Å². The summed E-state index contributed by atoms with van der Waals surface area (Å²) in [4.78, 5) is 27.9. The summed E-state index contributed by atoms with van der Waals surface area (Å²) in [6.07, 6.45) is 7.02. The molecule has 1 fully saturated rings. The van der Waals surface area contributed by atoms with Gasteiger partial charge in [-0.2, -0.15) is 0 Å². The topological polar surface area (TPSA) is 94.4 Å². The highest BCUT2D eigenvalue weighted by atomic mass is 16.5. The zero-order valence-electron chi connectivity index (χ0n) is 16.8. The van der Waals surface area contributed by atoms with E-state index in [1.54, 1.807) is 25.8 Å². The van der Waals surface area contributed by atoms with Crippen molar-refractivity contribution in [1.29, 1.82) is 0 Å². The van der Waals surface area contributed by atoms with Crippen LogP contribution in [-0.2, 0) is 22.6 Å². The number of ether oxygens (including phenoxy) is 2. The highest BCUT2D eigenvalue weighted by Gasteiger charge is 2.30. The van der Waals surface area contributed by atoms with Gasteiger partial charge in [0, 0.05) is 31.7 Å². The summed E-state index contributed by atoms with van der Waals surface area (Å²) in [6, 6.07) is 8.99. The van der Waals surface area contributed by atoms with E-state index < -0.39 is 6.04 Å². The third kappa shape index (κ3) is 4.74. The van der Waals surface area contributed by atoms with Gasteiger partial charge in [0.1, 0.15) is 23.4 Å². The van der Waals surface area contributed by atoms with Gasteiger partial charge in [0.15, 0.2) is 0 Å². The number of aromatic nitrogens is 4. The molecule has 3 aromatic rings. The first-order valence-corrected chi connectivity index (χ1v) is 9.75.